The number of aromatic hydroxyl groups is 1. The fourth-order valence-electron chi connectivity index (χ4n) is 1.67. The van der Waals surface area contributed by atoms with E-state index in [9.17, 15) is 9.90 Å². The van der Waals surface area contributed by atoms with Crippen LogP contribution in [0, 0.1) is 6.92 Å². The summed E-state index contributed by atoms with van der Waals surface area (Å²) in [6.07, 6.45) is 2.07. The zero-order valence-electron chi connectivity index (χ0n) is 9.18. The molecule has 0 amide bonds. The molecule has 2 heterocycles. The van der Waals surface area contributed by atoms with E-state index in [4.69, 9.17) is 11.6 Å². The molecule has 17 heavy (non-hydrogen) atoms. The van der Waals surface area contributed by atoms with Crippen LogP contribution in [0.2, 0.25) is 0 Å². The van der Waals surface area contributed by atoms with Crippen LogP contribution in [0.4, 0.5) is 0 Å². The van der Waals surface area contributed by atoms with Gasteiger partial charge in [0, 0.05) is 23.3 Å². The number of pyridine rings is 1. The lowest BCUT2D eigenvalue weighted by atomic mass is 10.2. The van der Waals surface area contributed by atoms with E-state index in [1.165, 1.54) is 10.5 Å². The first-order valence-corrected chi connectivity index (χ1v) is 5.44. The molecule has 0 radical (unpaired) electrons. The Bertz CT molecular complexity index is 596. The molecule has 4 nitrogen and oxygen atoms in total. The number of aromatic nitrogens is 2. The molecule has 0 fully saturated rings. The highest BCUT2D eigenvalue weighted by Crippen LogP contribution is 2.15. The largest absolute Gasteiger partial charge is 0.504 e. The van der Waals surface area contributed by atoms with Crippen molar-refractivity contribution in [1.82, 2.24) is 9.38 Å². The van der Waals surface area contributed by atoms with Gasteiger partial charge in [0.2, 0.25) is 0 Å². The predicted molar refractivity (Wildman–Crippen MR) is 69.5 cm³/mol. The van der Waals surface area contributed by atoms with Crippen LogP contribution in [-0.2, 0) is 6.42 Å². The highest BCUT2D eigenvalue weighted by Gasteiger charge is 2.10. The fourth-order valence-corrected chi connectivity index (χ4v) is 1.86. The SMILES string of the molecule is Cc1nc2c(O)cccn2c(=O)c1CCCl.Cl. The monoisotopic (exact) mass is 274 g/mol. The van der Waals surface area contributed by atoms with Crippen molar-refractivity contribution in [3.63, 3.8) is 0 Å². The lowest BCUT2D eigenvalue weighted by molar-refractivity contribution is 0.476. The van der Waals surface area contributed by atoms with Gasteiger partial charge in [0.1, 0.15) is 0 Å². The normalized spacial score (nSPS) is 10.2. The Morgan fingerprint density at radius 2 is 2.24 bits per heavy atom. The summed E-state index contributed by atoms with van der Waals surface area (Å²) >= 11 is 5.64. The van der Waals surface area contributed by atoms with Crippen molar-refractivity contribution in [1.29, 1.82) is 0 Å². The van der Waals surface area contributed by atoms with Crippen LogP contribution in [-0.4, -0.2) is 20.4 Å². The zero-order chi connectivity index (χ0) is 11.7. The third-order valence-corrected chi connectivity index (χ3v) is 2.67. The van der Waals surface area contributed by atoms with Crippen molar-refractivity contribution in [3.05, 3.63) is 39.9 Å². The average molecular weight is 275 g/mol. The smallest absolute Gasteiger partial charge is 0.261 e. The number of hydrogen-bond acceptors (Lipinski definition) is 3. The quantitative estimate of drug-likeness (QED) is 0.852. The zero-order valence-corrected chi connectivity index (χ0v) is 10.8. The Balaban J connectivity index is 0.00000144. The Labute approximate surface area is 109 Å². The summed E-state index contributed by atoms with van der Waals surface area (Å²) in [6, 6.07) is 3.10. The fraction of sp³-hybridized carbons (Fsp3) is 0.273. The number of aryl methyl sites for hydroxylation is 1. The van der Waals surface area contributed by atoms with Gasteiger partial charge >= 0.3 is 0 Å². The van der Waals surface area contributed by atoms with Crippen LogP contribution >= 0.6 is 24.0 Å². The first-order chi connectivity index (χ1) is 7.65. The van der Waals surface area contributed by atoms with Gasteiger partial charge in [0.05, 0.1) is 0 Å². The number of rotatable bonds is 2. The molecule has 2 aromatic heterocycles. The molecule has 0 aliphatic rings. The number of nitrogens with zero attached hydrogens (tertiary/aromatic N) is 2. The lowest BCUT2D eigenvalue weighted by Crippen LogP contribution is -2.21. The van der Waals surface area contributed by atoms with E-state index in [1.807, 2.05) is 0 Å². The third-order valence-electron chi connectivity index (χ3n) is 2.48. The lowest BCUT2D eigenvalue weighted by Gasteiger charge is -2.07. The molecule has 6 heteroatoms. The van der Waals surface area contributed by atoms with Crippen LogP contribution in [0.15, 0.2) is 23.1 Å². The van der Waals surface area contributed by atoms with Crippen LogP contribution < -0.4 is 5.56 Å². The molecule has 0 unspecified atom stereocenters. The maximum atomic E-state index is 12.0. The standard InChI is InChI=1S/C11H11ClN2O2.ClH/c1-7-8(4-5-12)11(16)14-6-2-3-9(15)10(14)13-7;/h2-3,6,15H,4-5H2,1H3;1H. The number of hydrogen-bond donors (Lipinski definition) is 1. The molecule has 0 bridgehead atoms. The van der Waals surface area contributed by atoms with E-state index in [1.54, 1.807) is 19.2 Å². The van der Waals surface area contributed by atoms with Gasteiger partial charge in [-0.05, 0) is 25.5 Å². The van der Waals surface area contributed by atoms with Gasteiger partial charge in [-0.3, -0.25) is 9.20 Å². The van der Waals surface area contributed by atoms with Gasteiger partial charge in [-0.1, -0.05) is 0 Å². The molecule has 0 aliphatic heterocycles. The van der Waals surface area contributed by atoms with Crippen molar-refractivity contribution < 1.29 is 5.11 Å². The molecular formula is C11H12Cl2N2O2. The van der Waals surface area contributed by atoms with Crippen molar-refractivity contribution in [2.75, 3.05) is 5.88 Å². The summed E-state index contributed by atoms with van der Waals surface area (Å²) < 4.78 is 1.34. The third kappa shape index (κ3) is 2.37. The van der Waals surface area contributed by atoms with Crippen LogP contribution in [0.3, 0.4) is 0 Å². The Morgan fingerprint density at radius 1 is 1.53 bits per heavy atom. The molecular weight excluding hydrogens is 263 g/mol. The van der Waals surface area contributed by atoms with E-state index >= 15 is 0 Å². The van der Waals surface area contributed by atoms with E-state index in [-0.39, 0.29) is 29.4 Å². The molecule has 0 saturated carbocycles. The van der Waals surface area contributed by atoms with Gasteiger partial charge in [0.25, 0.3) is 5.56 Å². The number of fused-ring (bicyclic) bond motifs is 1. The van der Waals surface area contributed by atoms with E-state index in [2.05, 4.69) is 4.98 Å². The van der Waals surface area contributed by atoms with Gasteiger partial charge in [-0.25, -0.2) is 4.98 Å². The van der Waals surface area contributed by atoms with E-state index in [0.717, 1.165) is 0 Å². The topological polar surface area (TPSA) is 54.6 Å². The second-order valence-corrected chi connectivity index (χ2v) is 3.88. The molecule has 92 valence electrons. The highest BCUT2D eigenvalue weighted by atomic mass is 35.5. The number of alkyl halides is 1. The summed E-state index contributed by atoms with van der Waals surface area (Å²) in [5.41, 5.74) is 1.33. The minimum atomic E-state index is -0.168. The van der Waals surface area contributed by atoms with Crippen LogP contribution in [0.5, 0.6) is 5.75 Å². The van der Waals surface area contributed by atoms with Gasteiger partial charge in [0.15, 0.2) is 11.4 Å². The second kappa shape index (κ2) is 5.38. The molecule has 0 aromatic carbocycles. The van der Waals surface area contributed by atoms with Crippen LogP contribution in [0.25, 0.3) is 5.65 Å². The molecule has 0 aliphatic carbocycles. The summed E-state index contributed by atoms with van der Waals surface area (Å²) in [6.45, 7) is 1.75. The summed E-state index contributed by atoms with van der Waals surface area (Å²) in [4.78, 5) is 16.3. The van der Waals surface area contributed by atoms with E-state index in [0.29, 0.717) is 23.6 Å². The molecule has 0 saturated heterocycles. The summed E-state index contributed by atoms with van der Waals surface area (Å²) in [5.74, 6) is 0.378. The first kappa shape index (κ1) is 13.8. The Morgan fingerprint density at radius 3 is 2.88 bits per heavy atom. The van der Waals surface area contributed by atoms with Crippen molar-refractivity contribution in [3.8, 4) is 5.75 Å². The minimum Gasteiger partial charge on any atom is -0.504 e. The van der Waals surface area contributed by atoms with Crippen molar-refractivity contribution >= 4 is 29.7 Å². The number of halogens is 2. The van der Waals surface area contributed by atoms with Crippen LogP contribution in [0.1, 0.15) is 11.3 Å². The van der Waals surface area contributed by atoms with Gasteiger partial charge in [-0.2, -0.15) is 0 Å². The minimum absolute atomic E-state index is 0. The molecule has 0 atom stereocenters. The maximum absolute atomic E-state index is 12.0. The van der Waals surface area contributed by atoms with Crippen molar-refractivity contribution in [2.45, 2.75) is 13.3 Å². The second-order valence-electron chi connectivity index (χ2n) is 3.51. The summed E-state index contributed by atoms with van der Waals surface area (Å²) in [5, 5.41) is 9.59. The first-order valence-electron chi connectivity index (χ1n) is 4.91. The maximum Gasteiger partial charge on any atom is 0.261 e. The highest BCUT2D eigenvalue weighted by molar-refractivity contribution is 6.18. The molecule has 2 rings (SSSR count). The van der Waals surface area contributed by atoms with Gasteiger partial charge < -0.3 is 5.11 Å². The van der Waals surface area contributed by atoms with Gasteiger partial charge in [-0.15, -0.1) is 24.0 Å². The predicted octanol–water partition coefficient (Wildman–Crippen LogP) is 1.91. The van der Waals surface area contributed by atoms with E-state index < -0.39 is 0 Å². The molecule has 2 aromatic rings. The Kier molecular flexibility index (Phi) is 4.37. The summed E-state index contributed by atoms with van der Waals surface area (Å²) in [7, 11) is 0. The van der Waals surface area contributed by atoms with Crippen molar-refractivity contribution in [2.24, 2.45) is 0 Å². The molecule has 0 spiro atoms. The molecule has 1 N–H and O–H groups in total. The average Bonchev–Trinajstić information content (AvgIpc) is 2.26. The Hall–Kier alpha value is -1.26.